The molecule has 3 rings (SSSR count). The number of nitrogens with zero attached hydrogens (tertiary/aromatic N) is 3. The number of rotatable bonds is 5. The second kappa shape index (κ2) is 7.51. The molecule has 1 aliphatic rings. The lowest BCUT2D eigenvalue weighted by Gasteiger charge is -2.17. The van der Waals surface area contributed by atoms with E-state index in [2.05, 4.69) is 15.5 Å². The topological polar surface area (TPSA) is 84.4 Å². The first kappa shape index (κ1) is 19.1. The molecule has 1 aromatic heterocycles. The molecule has 1 atom stereocenters. The molecular formula is C16H15F3N4O3S. The van der Waals surface area contributed by atoms with Crippen molar-refractivity contribution in [2.75, 3.05) is 23.4 Å². The van der Waals surface area contributed by atoms with E-state index in [-0.39, 0.29) is 35.3 Å². The SMILES string of the molecule is CCOc1ccc(N2CC(C(=O)Nc3nnc(C(F)(F)F)s3)CC2=O)cc1. The smallest absolute Gasteiger partial charge is 0.445 e. The van der Waals surface area contributed by atoms with Gasteiger partial charge in [-0.05, 0) is 31.2 Å². The third-order valence-corrected chi connectivity index (χ3v) is 4.74. The second-order valence-corrected chi connectivity index (χ2v) is 6.71. The lowest BCUT2D eigenvalue weighted by atomic mass is 10.1. The maximum atomic E-state index is 12.5. The fraction of sp³-hybridized carbons (Fsp3) is 0.375. The van der Waals surface area contributed by atoms with Crippen LogP contribution in [0.2, 0.25) is 0 Å². The highest BCUT2D eigenvalue weighted by atomic mass is 32.1. The molecule has 1 aliphatic heterocycles. The van der Waals surface area contributed by atoms with Crippen LogP contribution in [0.4, 0.5) is 24.0 Å². The van der Waals surface area contributed by atoms with Crippen molar-refractivity contribution < 1.29 is 27.5 Å². The van der Waals surface area contributed by atoms with E-state index in [1.165, 1.54) is 4.90 Å². The van der Waals surface area contributed by atoms with E-state index in [0.29, 0.717) is 18.0 Å². The molecule has 1 unspecified atom stereocenters. The van der Waals surface area contributed by atoms with Gasteiger partial charge in [-0.1, -0.05) is 11.3 Å². The molecule has 0 spiro atoms. The van der Waals surface area contributed by atoms with E-state index in [9.17, 15) is 22.8 Å². The van der Waals surface area contributed by atoms with Crippen LogP contribution >= 0.6 is 11.3 Å². The van der Waals surface area contributed by atoms with Crippen LogP contribution in [0.3, 0.4) is 0 Å². The van der Waals surface area contributed by atoms with Gasteiger partial charge in [0.1, 0.15) is 5.75 Å². The Labute approximate surface area is 156 Å². The van der Waals surface area contributed by atoms with Crippen molar-refractivity contribution in [1.82, 2.24) is 10.2 Å². The number of nitrogens with one attached hydrogen (secondary N) is 1. The summed E-state index contributed by atoms with van der Waals surface area (Å²) in [5, 5.41) is 7.24. The minimum absolute atomic E-state index is 0.0377. The van der Waals surface area contributed by atoms with Crippen molar-refractivity contribution in [1.29, 1.82) is 0 Å². The molecule has 0 radical (unpaired) electrons. The molecule has 2 heterocycles. The molecule has 1 N–H and O–H groups in total. The first-order valence-corrected chi connectivity index (χ1v) is 8.84. The van der Waals surface area contributed by atoms with Crippen LogP contribution in [0.5, 0.6) is 5.75 Å². The van der Waals surface area contributed by atoms with Gasteiger partial charge >= 0.3 is 6.18 Å². The molecule has 0 aliphatic carbocycles. The molecule has 1 aromatic carbocycles. The van der Waals surface area contributed by atoms with Crippen LogP contribution in [-0.4, -0.2) is 35.2 Å². The third kappa shape index (κ3) is 4.35. The summed E-state index contributed by atoms with van der Waals surface area (Å²) >= 11 is 0.240. The molecule has 2 aromatic rings. The zero-order chi connectivity index (χ0) is 19.6. The maximum Gasteiger partial charge on any atom is 0.445 e. The summed E-state index contributed by atoms with van der Waals surface area (Å²) in [6.07, 6.45) is -4.65. The number of carbonyl (C=O) groups is 2. The highest BCUT2D eigenvalue weighted by Gasteiger charge is 2.38. The van der Waals surface area contributed by atoms with Gasteiger partial charge in [-0.25, -0.2) is 0 Å². The third-order valence-electron chi connectivity index (χ3n) is 3.85. The van der Waals surface area contributed by atoms with E-state index in [4.69, 9.17) is 4.74 Å². The maximum absolute atomic E-state index is 12.5. The van der Waals surface area contributed by atoms with Crippen LogP contribution in [0.25, 0.3) is 0 Å². The lowest BCUT2D eigenvalue weighted by Crippen LogP contribution is -2.28. The zero-order valence-corrected chi connectivity index (χ0v) is 14.9. The van der Waals surface area contributed by atoms with Gasteiger partial charge in [0.2, 0.25) is 22.0 Å². The summed E-state index contributed by atoms with van der Waals surface area (Å²) in [4.78, 5) is 26.0. The minimum Gasteiger partial charge on any atom is -0.494 e. The molecule has 1 fully saturated rings. The average Bonchev–Trinajstić information content (AvgIpc) is 3.22. The van der Waals surface area contributed by atoms with Gasteiger partial charge in [-0.2, -0.15) is 13.2 Å². The van der Waals surface area contributed by atoms with Crippen molar-refractivity contribution in [3.63, 3.8) is 0 Å². The Hall–Kier alpha value is -2.69. The van der Waals surface area contributed by atoms with Crippen molar-refractivity contribution in [3.05, 3.63) is 29.3 Å². The number of amides is 2. The molecule has 27 heavy (non-hydrogen) atoms. The predicted octanol–water partition coefficient (Wildman–Crippen LogP) is 2.95. The van der Waals surface area contributed by atoms with Gasteiger partial charge in [-0.3, -0.25) is 9.59 Å². The summed E-state index contributed by atoms with van der Waals surface area (Å²) in [6, 6.07) is 6.87. The fourth-order valence-corrected chi connectivity index (χ4v) is 3.23. The molecule has 0 bridgehead atoms. The van der Waals surface area contributed by atoms with Gasteiger partial charge in [0.25, 0.3) is 0 Å². The van der Waals surface area contributed by atoms with Gasteiger partial charge in [0, 0.05) is 18.7 Å². The Morgan fingerprint density at radius 1 is 1.33 bits per heavy atom. The Kier molecular flexibility index (Phi) is 5.31. The molecule has 0 saturated carbocycles. The van der Waals surface area contributed by atoms with E-state index in [0.717, 1.165) is 0 Å². The van der Waals surface area contributed by atoms with Crippen LogP contribution in [0.1, 0.15) is 18.4 Å². The summed E-state index contributed by atoms with van der Waals surface area (Å²) in [7, 11) is 0. The van der Waals surface area contributed by atoms with Crippen molar-refractivity contribution in [2.24, 2.45) is 5.92 Å². The number of aromatic nitrogens is 2. The van der Waals surface area contributed by atoms with E-state index in [1.807, 2.05) is 6.92 Å². The first-order valence-electron chi connectivity index (χ1n) is 8.02. The van der Waals surface area contributed by atoms with Gasteiger partial charge in [0.15, 0.2) is 0 Å². The number of benzene rings is 1. The summed E-state index contributed by atoms with van der Waals surface area (Å²) in [6.45, 7) is 2.51. The largest absolute Gasteiger partial charge is 0.494 e. The quantitative estimate of drug-likeness (QED) is 0.834. The average molecular weight is 400 g/mol. The molecule has 11 heteroatoms. The molecule has 144 valence electrons. The standard InChI is InChI=1S/C16H15F3N4O3S/c1-2-26-11-5-3-10(4-6-11)23-8-9(7-12(23)24)13(25)20-15-22-21-14(27-15)16(17,18)19/h3-6,9H,2,7-8H2,1H3,(H,20,22,25). The van der Waals surface area contributed by atoms with Crippen LogP contribution in [0.15, 0.2) is 24.3 Å². The molecule has 2 amide bonds. The fourth-order valence-electron chi connectivity index (χ4n) is 2.62. The van der Waals surface area contributed by atoms with Gasteiger partial charge in [-0.15, -0.1) is 10.2 Å². The molecule has 7 nitrogen and oxygen atoms in total. The second-order valence-electron chi connectivity index (χ2n) is 5.73. The van der Waals surface area contributed by atoms with E-state index in [1.54, 1.807) is 24.3 Å². The van der Waals surface area contributed by atoms with Crippen LogP contribution in [0, 0.1) is 5.92 Å². The summed E-state index contributed by atoms with van der Waals surface area (Å²) < 4.78 is 43.0. The summed E-state index contributed by atoms with van der Waals surface area (Å²) in [5.41, 5.74) is 0.619. The Balaban J connectivity index is 1.64. The number of ether oxygens (including phenoxy) is 1. The highest BCUT2D eigenvalue weighted by Crippen LogP contribution is 2.33. The summed E-state index contributed by atoms with van der Waals surface area (Å²) in [5.74, 6) is -0.838. The lowest BCUT2D eigenvalue weighted by molar-refractivity contribution is -0.138. The number of hydrogen-bond donors (Lipinski definition) is 1. The van der Waals surface area contributed by atoms with Crippen molar-refractivity contribution in [3.8, 4) is 5.75 Å². The monoisotopic (exact) mass is 400 g/mol. The molecule has 1 saturated heterocycles. The van der Waals surface area contributed by atoms with Crippen molar-refractivity contribution in [2.45, 2.75) is 19.5 Å². The van der Waals surface area contributed by atoms with Gasteiger partial charge in [0.05, 0.1) is 12.5 Å². The van der Waals surface area contributed by atoms with Gasteiger partial charge < -0.3 is 15.0 Å². The minimum atomic E-state index is -4.62. The zero-order valence-electron chi connectivity index (χ0n) is 14.1. The number of carbonyl (C=O) groups excluding carboxylic acids is 2. The van der Waals surface area contributed by atoms with Crippen LogP contribution < -0.4 is 15.0 Å². The number of halogens is 3. The Bertz CT molecular complexity index is 838. The number of alkyl halides is 3. The van der Waals surface area contributed by atoms with Crippen molar-refractivity contribution >= 4 is 34.0 Å². The highest BCUT2D eigenvalue weighted by molar-refractivity contribution is 7.15. The Morgan fingerprint density at radius 3 is 2.63 bits per heavy atom. The number of hydrogen-bond acceptors (Lipinski definition) is 6. The number of anilines is 2. The van der Waals surface area contributed by atoms with E-state index < -0.39 is 23.0 Å². The predicted molar refractivity (Wildman–Crippen MR) is 91.6 cm³/mol. The Morgan fingerprint density at radius 2 is 2.04 bits per heavy atom. The first-order chi connectivity index (χ1) is 12.8. The normalized spacial score (nSPS) is 17.3. The van der Waals surface area contributed by atoms with Crippen LogP contribution in [-0.2, 0) is 15.8 Å². The van der Waals surface area contributed by atoms with E-state index >= 15 is 0 Å². The molecular weight excluding hydrogens is 385 g/mol.